The van der Waals surface area contributed by atoms with Crippen molar-refractivity contribution in [3.63, 3.8) is 0 Å². The van der Waals surface area contributed by atoms with Crippen molar-refractivity contribution in [2.45, 2.75) is 32.7 Å². The Hall–Kier alpha value is -3.77. The molecule has 4 aromatic rings. The van der Waals surface area contributed by atoms with Crippen LogP contribution in [-0.2, 0) is 4.74 Å². The third-order valence-corrected chi connectivity index (χ3v) is 6.26. The Labute approximate surface area is 205 Å². The predicted molar refractivity (Wildman–Crippen MR) is 139 cm³/mol. The van der Waals surface area contributed by atoms with Crippen molar-refractivity contribution >= 4 is 16.8 Å². The minimum Gasteiger partial charge on any atom is -0.385 e. The Morgan fingerprint density at radius 2 is 1.69 bits per heavy atom. The number of aromatic nitrogens is 2. The van der Waals surface area contributed by atoms with Crippen molar-refractivity contribution in [2.75, 3.05) is 20.3 Å². The molecule has 6 heteroatoms. The fourth-order valence-electron chi connectivity index (χ4n) is 4.49. The smallest absolute Gasteiger partial charge is 0.266 e. The van der Waals surface area contributed by atoms with E-state index < -0.39 is 6.04 Å². The number of aryl methyl sites for hydroxylation is 1. The maximum absolute atomic E-state index is 13.9. The summed E-state index contributed by atoms with van der Waals surface area (Å²) < 4.78 is 6.94. The van der Waals surface area contributed by atoms with Gasteiger partial charge in [-0.2, -0.15) is 0 Å². The highest BCUT2D eigenvalue weighted by Gasteiger charge is 2.30. The van der Waals surface area contributed by atoms with Gasteiger partial charge >= 0.3 is 0 Å². The lowest BCUT2D eigenvalue weighted by molar-refractivity contribution is 0.0633. The summed E-state index contributed by atoms with van der Waals surface area (Å²) in [6.45, 7) is 4.98. The van der Waals surface area contributed by atoms with Crippen LogP contribution in [0.2, 0.25) is 0 Å². The monoisotopic (exact) mass is 469 g/mol. The second kappa shape index (κ2) is 11.1. The normalized spacial score (nSPS) is 12.0. The van der Waals surface area contributed by atoms with E-state index in [2.05, 4.69) is 0 Å². The van der Waals surface area contributed by atoms with Crippen LogP contribution in [0, 0.1) is 6.92 Å². The molecule has 1 aromatic heterocycles. The average Bonchev–Trinajstić information content (AvgIpc) is 2.89. The molecule has 0 spiro atoms. The van der Waals surface area contributed by atoms with E-state index in [1.54, 1.807) is 17.7 Å². The summed E-state index contributed by atoms with van der Waals surface area (Å²) in [6, 6.07) is 24.1. The van der Waals surface area contributed by atoms with Gasteiger partial charge in [0.15, 0.2) is 0 Å². The number of carbonyl (C=O) groups is 1. The van der Waals surface area contributed by atoms with Crippen molar-refractivity contribution in [3.8, 4) is 5.69 Å². The second-order valence-electron chi connectivity index (χ2n) is 8.55. The number of methoxy groups -OCH3 is 1. The zero-order valence-corrected chi connectivity index (χ0v) is 20.5. The van der Waals surface area contributed by atoms with Crippen LogP contribution in [0.25, 0.3) is 16.6 Å². The van der Waals surface area contributed by atoms with E-state index in [9.17, 15) is 9.59 Å². The first-order chi connectivity index (χ1) is 17.1. The highest BCUT2D eigenvalue weighted by Crippen LogP contribution is 2.28. The largest absolute Gasteiger partial charge is 0.385 e. The van der Waals surface area contributed by atoms with E-state index in [4.69, 9.17) is 9.72 Å². The van der Waals surface area contributed by atoms with Gasteiger partial charge in [-0.25, -0.2) is 4.98 Å². The number of hydrogen-bond acceptors (Lipinski definition) is 4. The van der Waals surface area contributed by atoms with E-state index >= 15 is 0 Å². The lowest BCUT2D eigenvalue weighted by Crippen LogP contribution is -2.39. The highest BCUT2D eigenvalue weighted by molar-refractivity contribution is 5.96. The molecule has 0 saturated carbocycles. The molecule has 0 N–H and O–H groups in total. The van der Waals surface area contributed by atoms with E-state index in [1.165, 1.54) is 0 Å². The van der Waals surface area contributed by atoms with Gasteiger partial charge in [0.05, 0.1) is 22.6 Å². The summed E-state index contributed by atoms with van der Waals surface area (Å²) in [6.07, 6.45) is 1.27. The summed E-state index contributed by atoms with van der Waals surface area (Å²) >= 11 is 0. The molecule has 0 bridgehead atoms. The molecule has 1 atom stereocenters. The number of para-hydroxylation sites is 2. The molecule has 3 aromatic carbocycles. The van der Waals surface area contributed by atoms with Crippen LogP contribution in [0.1, 0.15) is 47.6 Å². The zero-order valence-electron chi connectivity index (χ0n) is 20.5. The SMILES string of the molecule is CCC(c1nc2ccccc2c(=O)n1-c1ccccc1)N(CCCOC)C(=O)c1ccccc1C. The van der Waals surface area contributed by atoms with Gasteiger partial charge in [0, 0.05) is 25.8 Å². The first-order valence-corrected chi connectivity index (χ1v) is 12.0. The van der Waals surface area contributed by atoms with Gasteiger partial charge in [0.25, 0.3) is 11.5 Å². The first-order valence-electron chi connectivity index (χ1n) is 12.0. The molecule has 6 nitrogen and oxygen atoms in total. The van der Waals surface area contributed by atoms with Gasteiger partial charge in [-0.15, -0.1) is 0 Å². The molecule has 0 aliphatic heterocycles. The fraction of sp³-hybridized carbons (Fsp3) is 0.276. The number of benzene rings is 3. The molecule has 1 unspecified atom stereocenters. The number of nitrogens with zero attached hydrogens (tertiary/aromatic N) is 3. The molecule has 0 aliphatic carbocycles. The standard InChI is InChI=1S/C29H31N3O3/c1-4-26(31(19-12-20-35-3)28(33)23-16-9-8-13-21(23)2)27-30-25-18-11-10-17-24(25)29(34)32(27)22-14-6-5-7-15-22/h5-11,13-18,26H,4,12,19-20H2,1-3H3. The molecule has 35 heavy (non-hydrogen) atoms. The molecular formula is C29H31N3O3. The van der Waals surface area contributed by atoms with Gasteiger partial charge in [-0.05, 0) is 55.7 Å². The Morgan fingerprint density at radius 1 is 1.00 bits per heavy atom. The van der Waals surface area contributed by atoms with Crippen molar-refractivity contribution in [1.29, 1.82) is 0 Å². The quantitative estimate of drug-likeness (QED) is 0.311. The Balaban J connectivity index is 1.92. The molecule has 0 aliphatic rings. The number of hydrogen-bond donors (Lipinski definition) is 0. The van der Waals surface area contributed by atoms with Crippen LogP contribution < -0.4 is 5.56 Å². The third-order valence-electron chi connectivity index (χ3n) is 6.26. The van der Waals surface area contributed by atoms with Gasteiger partial charge in [-0.1, -0.05) is 55.5 Å². The van der Waals surface area contributed by atoms with Gasteiger partial charge in [0.1, 0.15) is 5.82 Å². The summed E-state index contributed by atoms with van der Waals surface area (Å²) in [5.41, 5.74) is 2.77. The Bertz CT molecular complexity index is 1360. The van der Waals surface area contributed by atoms with Crippen LogP contribution in [0.4, 0.5) is 0 Å². The average molecular weight is 470 g/mol. The molecule has 1 heterocycles. The molecule has 4 rings (SSSR count). The van der Waals surface area contributed by atoms with Crippen molar-refractivity contribution in [3.05, 3.63) is 106 Å². The summed E-state index contributed by atoms with van der Waals surface area (Å²) in [7, 11) is 1.66. The number of ether oxygens (including phenoxy) is 1. The van der Waals surface area contributed by atoms with E-state index in [-0.39, 0.29) is 11.5 Å². The maximum Gasteiger partial charge on any atom is 0.266 e. The van der Waals surface area contributed by atoms with Crippen LogP contribution in [0.15, 0.2) is 83.7 Å². The number of fused-ring (bicyclic) bond motifs is 1. The van der Waals surface area contributed by atoms with Crippen molar-refractivity contribution in [2.24, 2.45) is 0 Å². The Morgan fingerprint density at radius 3 is 2.40 bits per heavy atom. The Kier molecular flexibility index (Phi) is 7.73. The maximum atomic E-state index is 13.9. The van der Waals surface area contributed by atoms with Crippen LogP contribution in [0.5, 0.6) is 0 Å². The fourth-order valence-corrected chi connectivity index (χ4v) is 4.49. The third kappa shape index (κ3) is 5.03. The highest BCUT2D eigenvalue weighted by atomic mass is 16.5. The van der Waals surface area contributed by atoms with Crippen LogP contribution >= 0.6 is 0 Å². The molecule has 180 valence electrons. The lowest BCUT2D eigenvalue weighted by atomic mass is 10.0. The number of rotatable bonds is 9. The van der Waals surface area contributed by atoms with Crippen molar-refractivity contribution in [1.82, 2.24) is 14.5 Å². The summed E-state index contributed by atoms with van der Waals surface area (Å²) in [4.78, 5) is 34.5. The van der Waals surface area contributed by atoms with Gasteiger partial charge < -0.3 is 9.64 Å². The van der Waals surface area contributed by atoms with Gasteiger partial charge in [-0.3, -0.25) is 14.2 Å². The summed E-state index contributed by atoms with van der Waals surface area (Å²) in [5.74, 6) is 0.481. The van der Waals surface area contributed by atoms with E-state index in [1.807, 2.05) is 91.5 Å². The molecular weight excluding hydrogens is 438 g/mol. The lowest BCUT2D eigenvalue weighted by Gasteiger charge is -2.33. The van der Waals surface area contributed by atoms with Crippen molar-refractivity contribution < 1.29 is 9.53 Å². The number of amides is 1. The molecule has 0 radical (unpaired) electrons. The van der Waals surface area contributed by atoms with Crippen LogP contribution in [-0.4, -0.2) is 40.6 Å². The predicted octanol–water partition coefficient (Wildman–Crippen LogP) is 5.32. The first kappa shape index (κ1) is 24.4. The minimum atomic E-state index is -0.406. The van der Waals surface area contributed by atoms with E-state index in [0.717, 1.165) is 11.3 Å². The minimum absolute atomic E-state index is 0.0759. The second-order valence-corrected chi connectivity index (χ2v) is 8.55. The van der Waals surface area contributed by atoms with Crippen LogP contribution in [0.3, 0.4) is 0 Å². The molecule has 1 amide bonds. The topological polar surface area (TPSA) is 64.4 Å². The molecule has 0 saturated heterocycles. The zero-order chi connectivity index (χ0) is 24.8. The summed E-state index contributed by atoms with van der Waals surface area (Å²) in [5, 5.41) is 0.547. The molecule has 0 fully saturated rings. The van der Waals surface area contributed by atoms with Gasteiger partial charge in [0.2, 0.25) is 0 Å². The number of carbonyl (C=O) groups excluding carboxylic acids is 1. The van der Waals surface area contributed by atoms with E-state index in [0.29, 0.717) is 48.3 Å².